The van der Waals surface area contributed by atoms with E-state index < -0.39 is 10.7 Å². The molecule has 0 N–H and O–H groups in total. The quantitative estimate of drug-likeness (QED) is 0.330. The normalized spacial score (nSPS) is 16.9. The van der Waals surface area contributed by atoms with Gasteiger partial charge < -0.3 is 0 Å². The minimum absolute atomic E-state index is 1.37. The van der Waals surface area contributed by atoms with E-state index in [1.807, 2.05) is 0 Å². The Kier molecular flexibility index (Phi) is 5.62. The van der Waals surface area contributed by atoms with Crippen LogP contribution in [0.5, 0.6) is 0 Å². The van der Waals surface area contributed by atoms with E-state index >= 15 is 0 Å². The Hall–Kier alpha value is 0.519. The average molecular weight is 295 g/mol. The molecule has 0 fully saturated rings. The molecule has 0 nitrogen and oxygen atoms in total. The van der Waals surface area contributed by atoms with Gasteiger partial charge in [0.05, 0.1) is 0 Å². The molecule has 1 heteroatoms. The minimum atomic E-state index is -2.17. The SMILES string of the molecule is CCCCCCCCCC[Se](C)(C)(C)(C)C. The van der Waals surface area contributed by atoms with Gasteiger partial charge in [0, 0.05) is 0 Å². The van der Waals surface area contributed by atoms with Gasteiger partial charge in [-0.3, -0.25) is 0 Å². The summed E-state index contributed by atoms with van der Waals surface area (Å²) >= 11 is 0. The molecule has 0 heterocycles. The summed E-state index contributed by atoms with van der Waals surface area (Å²) in [6, 6.07) is 0. The number of unbranched alkanes of at least 4 members (excludes halogenated alkanes) is 7. The zero-order chi connectivity index (χ0) is 12.8. The van der Waals surface area contributed by atoms with Crippen LogP contribution in [0.15, 0.2) is 0 Å². The van der Waals surface area contributed by atoms with Crippen molar-refractivity contribution in [2.45, 2.75) is 92.7 Å². The fraction of sp³-hybridized carbons (Fsp3) is 1.00. The van der Waals surface area contributed by atoms with Gasteiger partial charge in [0.2, 0.25) is 0 Å². The first kappa shape index (κ1) is 16.5. The average Bonchev–Trinajstić information content (AvgIpc) is 2.05. The van der Waals surface area contributed by atoms with Gasteiger partial charge in [0.15, 0.2) is 0 Å². The molecule has 0 spiro atoms. The van der Waals surface area contributed by atoms with Gasteiger partial charge in [0.25, 0.3) is 0 Å². The first-order chi connectivity index (χ1) is 7.04. The van der Waals surface area contributed by atoms with Crippen molar-refractivity contribution in [1.29, 1.82) is 0 Å². The van der Waals surface area contributed by atoms with Crippen LogP contribution in [-0.4, -0.2) is 10.7 Å². The van der Waals surface area contributed by atoms with Crippen LogP contribution < -0.4 is 0 Å². The van der Waals surface area contributed by atoms with Crippen molar-refractivity contribution in [3.8, 4) is 0 Å². The molecule has 0 aliphatic heterocycles. The summed E-state index contributed by atoms with van der Waals surface area (Å²) in [7, 11) is -2.17. The molecule has 0 aromatic rings. The van der Waals surface area contributed by atoms with Gasteiger partial charge in [-0.2, -0.15) is 0 Å². The molecule has 16 heavy (non-hydrogen) atoms. The van der Waals surface area contributed by atoms with Gasteiger partial charge in [-0.15, -0.1) is 0 Å². The van der Waals surface area contributed by atoms with Crippen molar-refractivity contribution in [3.63, 3.8) is 0 Å². The second-order valence-electron chi connectivity index (χ2n) is 8.70. The topological polar surface area (TPSA) is 0 Å². The van der Waals surface area contributed by atoms with E-state index in [4.69, 9.17) is 0 Å². The second-order valence-corrected chi connectivity index (χ2v) is 32.7. The van der Waals surface area contributed by atoms with Crippen LogP contribution in [0.25, 0.3) is 0 Å². The fourth-order valence-corrected chi connectivity index (χ4v) is 5.41. The molecule has 0 aromatic heterocycles. The van der Waals surface area contributed by atoms with Gasteiger partial charge in [-0.25, -0.2) is 0 Å². The summed E-state index contributed by atoms with van der Waals surface area (Å²) in [5.74, 6) is 12.7. The van der Waals surface area contributed by atoms with Crippen LogP contribution in [0, 0.1) is 0 Å². The van der Waals surface area contributed by atoms with Crippen molar-refractivity contribution >= 4 is 10.7 Å². The molecule has 0 aromatic carbocycles. The zero-order valence-electron chi connectivity index (χ0n) is 12.8. The number of hydrogen-bond donors (Lipinski definition) is 0. The molecule has 0 saturated heterocycles. The summed E-state index contributed by atoms with van der Waals surface area (Å²) in [5, 5.41) is 1.49. The first-order valence-corrected chi connectivity index (χ1v) is 16.8. The van der Waals surface area contributed by atoms with Crippen LogP contribution in [0.4, 0.5) is 0 Å². The maximum atomic E-state index is 2.55. The van der Waals surface area contributed by atoms with Gasteiger partial charge in [0.1, 0.15) is 0 Å². The number of rotatable bonds is 9. The summed E-state index contributed by atoms with van der Waals surface area (Å²) in [6.07, 6.45) is 11.6. The third-order valence-corrected chi connectivity index (χ3v) is 7.91. The standard InChI is InChI=1S/C15H36Se/c1-7-8-9-10-11-12-13-14-15-16(2,3,4,5)6/h7-15H2,1-6H3. The van der Waals surface area contributed by atoms with Gasteiger partial charge in [-0.1, -0.05) is 0 Å². The summed E-state index contributed by atoms with van der Waals surface area (Å²) < 4.78 is 0. The van der Waals surface area contributed by atoms with E-state index in [-0.39, 0.29) is 0 Å². The molecule has 0 aliphatic rings. The Morgan fingerprint density at radius 2 is 0.938 bits per heavy atom. The summed E-state index contributed by atoms with van der Waals surface area (Å²) in [4.78, 5) is 0. The van der Waals surface area contributed by atoms with E-state index in [1.165, 1.54) is 56.7 Å². The van der Waals surface area contributed by atoms with Gasteiger partial charge >= 0.3 is 103 Å². The van der Waals surface area contributed by atoms with Crippen molar-refractivity contribution in [1.82, 2.24) is 0 Å². The molecule has 0 unspecified atom stereocenters. The predicted octanol–water partition coefficient (Wildman–Crippen LogP) is 6.63. The van der Waals surface area contributed by atoms with Crippen LogP contribution in [0.3, 0.4) is 0 Å². The Labute approximate surface area is 104 Å². The molecular weight excluding hydrogens is 259 g/mol. The molecule has 0 rings (SSSR count). The summed E-state index contributed by atoms with van der Waals surface area (Å²) in [5.41, 5.74) is 0. The van der Waals surface area contributed by atoms with E-state index in [9.17, 15) is 0 Å². The molecular formula is C15H36Se. The van der Waals surface area contributed by atoms with Crippen LogP contribution in [0.1, 0.15) is 58.3 Å². The Balaban J connectivity index is 3.42. The monoisotopic (exact) mass is 296 g/mol. The van der Waals surface area contributed by atoms with Crippen molar-refractivity contribution in [3.05, 3.63) is 0 Å². The molecule has 0 atom stereocenters. The van der Waals surface area contributed by atoms with Crippen molar-refractivity contribution in [2.75, 3.05) is 0 Å². The predicted molar refractivity (Wildman–Crippen MR) is 82.5 cm³/mol. The van der Waals surface area contributed by atoms with E-state index in [2.05, 4.69) is 36.0 Å². The number of hydrogen-bond acceptors (Lipinski definition) is 0. The Morgan fingerprint density at radius 3 is 1.31 bits per heavy atom. The van der Waals surface area contributed by atoms with Crippen molar-refractivity contribution in [2.24, 2.45) is 0 Å². The van der Waals surface area contributed by atoms with E-state index in [0.717, 1.165) is 0 Å². The summed E-state index contributed by atoms with van der Waals surface area (Å²) in [6.45, 7) is 2.29. The van der Waals surface area contributed by atoms with E-state index in [1.54, 1.807) is 0 Å². The van der Waals surface area contributed by atoms with Crippen molar-refractivity contribution < 1.29 is 0 Å². The fourth-order valence-electron chi connectivity index (χ4n) is 1.96. The molecule has 0 saturated carbocycles. The molecule has 102 valence electrons. The third kappa shape index (κ3) is 14.5. The third-order valence-electron chi connectivity index (χ3n) is 3.02. The zero-order valence-corrected chi connectivity index (χ0v) is 14.5. The molecule has 0 amide bonds. The van der Waals surface area contributed by atoms with E-state index in [0.29, 0.717) is 0 Å². The Bertz CT molecular complexity index is 181. The molecule has 0 bridgehead atoms. The first-order valence-electron chi connectivity index (χ1n) is 7.04. The van der Waals surface area contributed by atoms with Crippen LogP contribution in [0.2, 0.25) is 34.4 Å². The van der Waals surface area contributed by atoms with Crippen LogP contribution >= 0.6 is 0 Å². The Morgan fingerprint density at radius 1 is 0.562 bits per heavy atom. The molecule has 0 aliphatic carbocycles. The molecule has 0 radical (unpaired) electrons. The van der Waals surface area contributed by atoms with Crippen LogP contribution in [-0.2, 0) is 0 Å². The maximum absolute atomic E-state index is 2.55. The second kappa shape index (κ2) is 5.44. The van der Waals surface area contributed by atoms with Gasteiger partial charge in [-0.05, 0) is 0 Å².